The lowest BCUT2D eigenvalue weighted by Crippen LogP contribution is -1.97. The second kappa shape index (κ2) is 13.7. The third-order valence-corrected chi connectivity index (χ3v) is 3.70. The molecule has 2 rings (SSSR count). The van der Waals surface area contributed by atoms with Gasteiger partial charge in [0.2, 0.25) is 5.84 Å². The summed E-state index contributed by atoms with van der Waals surface area (Å²) in [6.07, 6.45) is 13.6. The number of hydrogen-bond donors (Lipinski definition) is 0. The van der Waals surface area contributed by atoms with Crippen LogP contribution in [0.4, 0.5) is 0 Å². The Kier molecular flexibility index (Phi) is 10.2. The van der Waals surface area contributed by atoms with E-state index in [0.29, 0.717) is 11.4 Å². The van der Waals surface area contributed by atoms with Gasteiger partial charge in [0.15, 0.2) is 0 Å². The number of aliphatic imine (C=N–C) groups is 2. The molecular formula is C28H24N4. The molecule has 0 saturated heterocycles. The Hall–Kier alpha value is -4.46. The van der Waals surface area contributed by atoms with Gasteiger partial charge in [-0.3, -0.25) is 9.97 Å². The molecule has 32 heavy (non-hydrogen) atoms. The largest absolute Gasteiger partial charge is 0.265 e. The van der Waals surface area contributed by atoms with Crippen molar-refractivity contribution in [3.8, 4) is 35.5 Å². The minimum absolute atomic E-state index is 0.287. The minimum Gasteiger partial charge on any atom is -0.265 e. The molecule has 0 aliphatic carbocycles. The fourth-order valence-electron chi connectivity index (χ4n) is 2.29. The molecule has 0 aliphatic rings. The molecule has 2 heterocycles. The second-order valence-corrected chi connectivity index (χ2v) is 6.37. The van der Waals surface area contributed by atoms with Gasteiger partial charge in [0.1, 0.15) is 5.70 Å². The van der Waals surface area contributed by atoms with Crippen molar-refractivity contribution in [2.45, 2.75) is 27.2 Å². The summed E-state index contributed by atoms with van der Waals surface area (Å²) in [5, 5.41) is 0. The Balaban J connectivity index is 2.36. The van der Waals surface area contributed by atoms with Crippen LogP contribution >= 0.6 is 0 Å². The van der Waals surface area contributed by atoms with Crippen molar-refractivity contribution in [2.75, 3.05) is 0 Å². The molecule has 0 bridgehead atoms. The number of nitrogens with zero attached hydrogens (tertiary/aromatic N) is 4. The average molecular weight is 417 g/mol. The quantitative estimate of drug-likeness (QED) is 0.300. The van der Waals surface area contributed by atoms with Crippen molar-refractivity contribution in [3.05, 3.63) is 96.3 Å². The van der Waals surface area contributed by atoms with E-state index in [2.05, 4.69) is 69.0 Å². The molecule has 4 heteroatoms. The molecule has 0 fully saturated rings. The molecule has 0 aromatic carbocycles. The van der Waals surface area contributed by atoms with E-state index < -0.39 is 0 Å². The van der Waals surface area contributed by atoms with Crippen molar-refractivity contribution in [1.29, 1.82) is 0 Å². The van der Waals surface area contributed by atoms with Crippen LogP contribution in [-0.4, -0.2) is 21.5 Å². The lowest BCUT2D eigenvalue weighted by molar-refractivity contribution is 1.21. The topological polar surface area (TPSA) is 50.5 Å². The summed E-state index contributed by atoms with van der Waals surface area (Å²) in [4.78, 5) is 16.9. The van der Waals surface area contributed by atoms with E-state index in [1.165, 1.54) is 0 Å². The summed E-state index contributed by atoms with van der Waals surface area (Å²) < 4.78 is 0. The Bertz CT molecular complexity index is 1230. The summed E-state index contributed by atoms with van der Waals surface area (Å²) in [6, 6.07) is 7.31. The van der Waals surface area contributed by atoms with Crippen LogP contribution in [0.3, 0.4) is 0 Å². The first-order valence-electron chi connectivity index (χ1n) is 10.1. The van der Waals surface area contributed by atoms with E-state index in [0.717, 1.165) is 23.1 Å². The molecule has 2 aromatic rings. The van der Waals surface area contributed by atoms with Crippen LogP contribution < -0.4 is 0 Å². The van der Waals surface area contributed by atoms with Crippen molar-refractivity contribution >= 4 is 11.5 Å². The predicted octanol–water partition coefficient (Wildman–Crippen LogP) is 5.17. The molecular weight excluding hydrogens is 392 g/mol. The van der Waals surface area contributed by atoms with Crippen LogP contribution in [0.1, 0.15) is 38.3 Å². The van der Waals surface area contributed by atoms with Crippen molar-refractivity contribution in [1.82, 2.24) is 9.97 Å². The number of hydrogen-bond acceptors (Lipinski definition) is 3. The fourth-order valence-corrected chi connectivity index (χ4v) is 2.29. The molecule has 0 radical (unpaired) electrons. The summed E-state index contributed by atoms with van der Waals surface area (Å²) in [6.45, 7) is 9.76. The van der Waals surface area contributed by atoms with Crippen LogP contribution in [0, 0.1) is 35.5 Å². The highest BCUT2D eigenvalue weighted by Crippen LogP contribution is 2.01. The van der Waals surface area contributed by atoms with Gasteiger partial charge in [0.05, 0.1) is 5.71 Å². The summed E-state index contributed by atoms with van der Waals surface area (Å²) in [5.74, 6) is 18.4. The Morgan fingerprint density at radius 1 is 0.906 bits per heavy atom. The van der Waals surface area contributed by atoms with Gasteiger partial charge in [-0.15, -0.1) is 0 Å². The van der Waals surface area contributed by atoms with Crippen LogP contribution in [0.2, 0.25) is 0 Å². The zero-order chi connectivity index (χ0) is 23.0. The lowest BCUT2D eigenvalue weighted by Gasteiger charge is -1.94. The summed E-state index contributed by atoms with van der Waals surface area (Å²) in [7, 11) is 0. The predicted molar refractivity (Wildman–Crippen MR) is 133 cm³/mol. The average Bonchev–Trinajstić information content (AvgIpc) is 2.81. The smallest absolute Gasteiger partial charge is 0.207 e. The van der Waals surface area contributed by atoms with Gasteiger partial charge >= 0.3 is 0 Å². The highest BCUT2D eigenvalue weighted by molar-refractivity contribution is 6.12. The van der Waals surface area contributed by atoms with Gasteiger partial charge in [-0.1, -0.05) is 49.5 Å². The number of amidine groups is 1. The van der Waals surface area contributed by atoms with Crippen LogP contribution in [0.25, 0.3) is 0 Å². The maximum Gasteiger partial charge on any atom is 0.207 e. The minimum atomic E-state index is 0.287. The Labute approximate surface area is 190 Å². The first-order chi connectivity index (χ1) is 15.6. The van der Waals surface area contributed by atoms with Crippen LogP contribution in [0.15, 0.2) is 95.1 Å². The molecule has 0 N–H and O–H groups in total. The molecule has 156 valence electrons. The van der Waals surface area contributed by atoms with Crippen LogP contribution in [0.5, 0.6) is 0 Å². The monoisotopic (exact) mass is 416 g/mol. The van der Waals surface area contributed by atoms with E-state index in [-0.39, 0.29) is 5.84 Å². The third-order valence-electron chi connectivity index (χ3n) is 3.70. The summed E-state index contributed by atoms with van der Waals surface area (Å²) in [5.41, 5.74) is 3.52. The third kappa shape index (κ3) is 9.36. The van der Waals surface area contributed by atoms with Gasteiger partial charge in [0, 0.05) is 41.5 Å². The molecule has 0 spiro atoms. The summed E-state index contributed by atoms with van der Waals surface area (Å²) >= 11 is 0. The van der Waals surface area contributed by atoms with Crippen molar-refractivity contribution in [3.63, 3.8) is 0 Å². The molecule has 0 unspecified atom stereocenters. The van der Waals surface area contributed by atoms with Gasteiger partial charge < -0.3 is 0 Å². The lowest BCUT2D eigenvalue weighted by atomic mass is 10.2. The van der Waals surface area contributed by atoms with Gasteiger partial charge in [-0.25, -0.2) is 9.98 Å². The van der Waals surface area contributed by atoms with Gasteiger partial charge in [0.25, 0.3) is 0 Å². The van der Waals surface area contributed by atoms with E-state index in [1.807, 2.05) is 49.4 Å². The van der Waals surface area contributed by atoms with Gasteiger partial charge in [-0.05, 0) is 62.3 Å². The highest BCUT2D eigenvalue weighted by Gasteiger charge is 1.96. The molecule has 0 amide bonds. The fraction of sp³-hybridized carbons (Fsp3) is 0.143. The number of allylic oxidation sites excluding steroid dienone is 5. The maximum absolute atomic E-state index is 4.48. The number of rotatable bonds is 3. The Morgan fingerprint density at radius 3 is 2.06 bits per heavy atom. The van der Waals surface area contributed by atoms with E-state index in [9.17, 15) is 0 Å². The first-order valence-corrected chi connectivity index (χ1v) is 10.1. The van der Waals surface area contributed by atoms with E-state index in [1.54, 1.807) is 31.7 Å². The zero-order valence-corrected chi connectivity index (χ0v) is 18.6. The second-order valence-electron chi connectivity index (χ2n) is 6.37. The molecule has 4 nitrogen and oxygen atoms in total. The standard InChI is InChI=1S/C28H24N4/c1-5-7-25(8-6-2)11-9-23(3)31-28(14-13-27-17-21-30-22-18-27)32-24(4)10-12-26-15-19-29-20-16-26/h5,7-8,15-22H,3,6H2,1-2,4H3/b7-5-,25-8+,31-28?,32-24?. The Morgan fingerprint density at radius 2 is 1.50 bits per heavy atom. The zero-order valence-electron chi connectivity index (χ0n) is 18.6. The molecule has 0 aliphatic heterocycles. The number of pyridine rings is 2. The van der Waals surface area contributed by atoms with Gasteiger partial charge in [-0.2, -0.15) is 0 Å². The SMILES string of the molecule is C=C(C#CC(/C=C\C)=C/CC)N=C(C#Cc1ccncc1)N=C(C)C#Cc1ccncc1. The van der Waals surface area contributed by atoms with E-state index >= 15 is 0 Å². The maximum atomic E-state index is 4.48. The first kappa shape index (κ1) is 23.8. The van der Waals surface area contributed by atoms with Crippen molar-refractivity contribution in [2.24, 2.45) is 9.98 Å². The highest BCUT2D eigenvalue weighted by atomic mass is 14.9. The van der Waals surface area contributed by atoms with Crippen molar-refractivity contribution < 1.29 is 0 Å². The normalized spacial score (nSPS) is 11.5. The van der Waals surface area contributed by atoms with Crippen LogP contribution in [-0.2, 0) is 0 Å². The molecule has 0 saturated carbocycles. The van der Waals surface area contributed by atoms with E-state index in [4.69, 9.17) is 0 Å². The number of aromatic nitrogens is 2. The molecule has 2 aromatic heterocycles. The molecule has 0 atom stereocenters.